The summed E-state index contributed by atoms with van der Waals surface area (Å²) in [4.78, 5) is 25.8. The Hall–Kier alpha value is -2.48. The van der Waals surface area contributed by atoms with E-state index >= 15 is 0 Å². The van der Waals surface area contributed by atoms with Crippen molar-refractivity contribution >= 4 is 23.1 Å². The molecule has 0 saturated carbocycles. The number of halogens is 4. The van der Waals surface area contributed by atoms with E-state index in [9.17, 15) is 28.1 Å². The van der Waals surface area contributed by atoms with Crippen LogP contribution in [0.2, 0.25) is 5.15 Å². The Morgan fingerprint density at radius 3 is 2.41 bits per heavy atom. The van der Waals surface area contributed by atoms with E-state index in [0.717, 1.165) is 24.3 Å². The number of ketones is 1. The van der Waals surface area contributed by atoms with Crippen molar-refractivity contribution in [1.29, 1.82) is 0 Å². The molecule has 1 aromatic heterocycles. The molecule has 2 aromatic rings. The van der Waals surface area contributed by atoms with Crippen LogP contribution in [-0.4, -0.2) is 15.7 Å². The summed E-state index contributed by atoms with van der Waals surface area (Å²) in [6.45, 7) is 0. The molecule has 0 aliphatic carbocycles. The molecule has 1 heterocycles. The van der Waals surface area contributed by atoms with Crippen LogP contribution in [0, 0.1) is 10.1 Å². The molecule has 0 radical (unpaired) electrons. The number of nitro groups is 1. The van der Waals surface area contributed by atoms with Gasteiger partial charge in [0, 0.05) is 11.6 Å². The Morgan fingerprint density at radius 2 is 1.82 bits per heavy atom. The van der Waals surface area contributed by atoms with E-state index in [0.29, 0.717) is 6.07 Å². The molecule has 0 saturated heterocycles. The Balaban J connectivity index is 2.64. The maximum absolute atomic E-state index is 12.9. The van der Waals surface area contributed by atoms with E-state index in [1.807, 2.05) is 0 Å². The summed E-state index contributed by atoms with van der Waals surface area (Å²) in [5.74, 6) is -1.22. The first kappa shape index (κ1) is 15.9. The Morgan fingerprint density at radius 1 is 1.18 bits per heavy atom. The topological polar surface area (TPSA) is 73.1 Å². The molecule has 0 unspecified atom stereocenters. The Labute approximate surface area is 126 Å². The molecule has 0 bridgehead atoms. The maximum Gasteiger partial charge on any atom is 0.417 e. The summed E-state index contributed by atoms with van der Waals surface area (Å²) in [5, 5.41) is 10.7. The van der Waals surface area contributed by atoms with E-state index < -0.39 is 39.4 Å². The molecule has 0 fully saturated rings. The number of hydrogen-bond acceptors (Lipinski definition) is 4. The Bertz CT molecular complexity index is 762. The van der Waals surface area contributed by atoms with Crippen LogP contribution < -0.4 is 0 Å². The number of aromatic nitrogens is 1. The zero-order valence-corrected chi connectivity index (χ0v) is 11.4. The van der Waals surface area contributed by atoms with Gasteiger partial charge in [0.15, 0.2) is 5.69 Å². The first-order chi connectivity index (χ1) is 10.2. The molecular weight excluding hydrogens is 325 g/mol. The van der Waals surface area contributed by atoms with Crippen molar-refractivity contribution in [2.45, 2.75) is 6.18 Å². The zero-order valence-electron chi connectivity index (χ0n) is 10.6. The molecule has 114 valence electrons. The van der Waals surface area contributed by atoms with Gasteiger partial charge in [-0.2, -0.15) is 13.2 Å². The quantitative estimate of drug-likeness (QED) is 0.370. The van der Waals surface area contributed by atoms with Crippen LogP contribution in [0.25, 0.3) is 0 Å². The molecule has 9 heteroatoms. The van der Waals surface area contributed by atoms with Crippen molar-refractivity contribution < 1.29 is 22.9 Å². The number of rotatable bonds is 3. The average Bonchev–Trinajstić information content (AvgIpc) is 2.45. The largest absolute Gasteiger partial charge is 0.417 e. The predicted molar refractivity (Wildman–Crippen MR) is 70.8 cm³/mol. The molecule has 0 aliphatic rings. The third kappa shape index (κ3) is 3.06. The van der Waals surface area contributed by atoms with E-state index in [4.69, 9.17) is 11.6 Å². The fourth-order valence-electron chi connectivity index (χ4n) is 1.80. The fraction of sp³-hybridized carbons (Fsp3) is 0.0769. The second-order valence-electron chi connectivity index (χ2n) is 4.13. The first-order valence-corrected chi connectivity index (χ1v) is 6.11. The molecule has 0 amide bonds. The lowest BCUT2D eigenvalue weighted by molar-refractivity contribution is -0.385. The molecule has 0 atom stereocenters. The van der Waals surface area contributed by atoms with Crippen LogP contribution in [0.4, 0.5) is 18.9 Å². The average molecular weight is 331 g/mol. The summed E-state index contributed by atoms with van der Waals surface area (Å²) in [6, 6.07) is 5.96. The highest BCUT2D eigenvalue weighted by Crippen LogP contribution is 2.33. The van der Waals surface area contributed by atoms with Crippen LogP contribution >= 0.6 is 11.6 Å². The fourth-order valence-corrected chi connectivity index (χ4v) is 1.95. The van der Waals surface area contributed by atoms with Gasteiger partial charge in [0.1, 0.15) is 5.15 Å². The molecular formula is C13H6ClF3N2O3. The van der Waals surface area contributed by atoms with Crippen molar-refractivity contribution in [1.82, 2.24) is 4.98 Å². The van der Waals surface area contributed by atoms with Crippen LogP contribution in [-0.2, 0) is 6.18 Å². The third-order valence-corrected chi connectivity index (χ3v) is 2.94. The van der Waals surface area contributed by atoms with E-state index in [1.165, 1.54) is 6.07 Å². The van der Waals surface area contributed by atoms with Gasteiger partial charge < -0.3 is 0 Å². The highest BCUT2D eigenvalue weighted by molar-refractivity contribution is 6.29. The number of nitrogens with zero attached hydrogens (tertiary/aromatic N) is 2. The van der Waals surface area contributed by atoms with Crippen LogP contribution in [0.15, 0.2) is 36.4 Å². The summed E-state index contributed by atoms with van der Waals surface area (Å²) in [5.41, 5.74) is -3.38. The number of carbonyl (C=O) groups excluding carboxylic acids is 1. The molecule has 2 rings (SSSR count). The van der Waals surface area contributed by atoms with Gasteiger partial charge in [-0.05, 0) is 12.1 Å². The van der Waals surface area contributed by atoms with Crippen molar-refractivity contribution in [3.05, 3.63) is 68.5 Å². The summed E-state index contributed by atoms with van der Waals surface area (Å²) >= 11 is 5.57. The molecule has 22 heavy (non-hydrogen) atoms. The minimum atomic E-state index is -4.78. The summed E-state index contributed by atoms with van der Waals surface area (Å²) < 4.78 is 38.8. The molecule has 0 N–H and O–H groups in total. The number of alkyl halides is 3. The van der Waals surface area contributed by atoms with E-state index in [1.54, 1.807) is 0 Å². The SMILES string of the molecule is O=C(c1ccccc1C(F)(F)F)c1nc(Cl)ccc1[N+](=O)[O-]. The molecule has 0 aliphatic heterocycles. The van der Waals surface area contributed by atoms with Gasteiger partial charge in [-0.25, -0.2) is 4.98 Å². The normalized spacial score (nSPS) is 11.3. The lowest BCUT2D eigenvalue weighted by atomic mass is 10.00. The molecule has 0 spiro atoms. The van der Waals surface area contributed by atoms with Crippen molar-refractivity contribution in [2.24, 2.45) is 0 Å². The van der Waals surface area contributed by atoms with Gasteiger partial charge in [-0.1, -0.05) is 29.8 Å². The van der Waals surface area contributed by atoms with Crippen molar-refractivity contribution in [3.63, 3.8) is 0 Å². The second kappa shape index (κ2) is 5.72. The molecule has 1 aromatic carbocycles. The highest BCUT2D eigenvalue weighted by atomic mass is 35.5. The Kier molecular flexibility index (Phi) is 4.14. The lowest BCUT2D eigenvalue weighted by Gasteiger charge is -2.11. The van der Waals surface area contributed by atoms with E-state index in [-0.39, 0.29) is 5.15 Å². The van der Waals surface area contributed by atoms with E-state index in [2.05, 4.69) is 4.98 Å². The van der Waals surface area contributed by atoms with Crippen molar-refractivity contribution in [3.8, 4) is 0 Å². The first-order valence-electron chi connectivity index (χ1n) is 5.73. The smallest absolute Gasteiger partial charge is 0.287 e. The maximum atomic E-state index is 12.9. The molecule has 5 nitrogen and oxygen atoms in total. The van der Waals surface area contributed by atoms with Gasteiger partial charge in [0.05, 0.1) is 10.5 Å². The van der Waals surface area contributed by atoms with Gasteiger partial charge >= 0.3 is 6.18 Å². The zero-order chi connectivity index (χ0) is 16.5. The highest BCUT2D eigenvalue weighted by Gasteiger charge is 2.36. The van der Waals surface area contributed by atoms with Gasteiger partial charge in [-0.15, -0.1) is 0 Å². The third-order valence-electron chi connectivity index (χ3n) is 2.73. The number of pyridine rings is 1. The lowest BCUT2D eigenvalue weighted by Crippen LogP contribution is -2.15. The van der Waals surface area contributed by atoms with Crippen molar-refractivity contribution in [2.75, 3.05) is 0 Å². The monoisotopic (exact) mass is 330 g/mol. The predicted octanol–water partition coefficient (Wildman–Crippen LogP) is 3.89. The van der Waals surface area contributed by atoms with Crippen LogP contribution in [0.1, 0.15) is 21.6 Å². The minimum Gasteiger partial charge on any atom is -0.287 e. The minimum absolute atomic E-state index is 0.238. The van der Waals surface area contributed by atoms with Crippen LogP contribution in [0.3, 0.4) is 0 Å². The number of carbonyl (C=O) groups is 1. The number of hydrogen-bond donors (Lipinski definition) is 0. The van der Waals surface area contributed by atoms with Crippen LogP contribution in [0.5, 0.6) is 0 Å². The standard InChI is InChI=1S/C13H6ClF3N2O3/c14-10-6-5-9(19(21)22)11(18-10)12(20)7-3-1-2-4-8(7)13(15,16)17/h1-6H. The van der Waals surface area contributed by atoms with Gasteiger partial charge in [-0.3, -0.25) is 14.9 Å². The second-order valence-corrected chi connectivity index (χ2v) is 4.52. The number of benzene rings is 1. The van der Waals surface area contributed by atoms with Gasteiger partial charge in [0.25, 0.3) is 5.69 Å². The summed E-state index contributed by atoms with van der Waals surface area (Å²) in [7, 11) is 0. The van der Waals surface area contributed by atoms with Gasteiger partial charge in [0.2, 0.25) is 5.78 Å². The summed E-state index contributed by atoms with van der Waals surface area (Å²) in [6.07, 6.45) is -4.78.